The van der Waals surface area contributed by atoms with E-state index in [4.69, 9.17) is 0 Å². The number of aromatic nitrogens is 1. The van der Waals surface area contributed by atoms with Crippen molar-refractivity contribution in [2.45, 2.75) is 50.7 Å². The van der Waals surface area contributed by atoms with Crippen molar-refractivity contribution in [2.24, 2.45) is 0 Å². The molecule has 3 amide bonds. The van der Waals surface area contributed by atoms with E-state index in [0.29, 0.717) is 6.04 Å². The third-order valence-corrected chi connectivity index (χ3v) is 5.83. The van der Waals surface area contributed by atoms with Gasteiger partial charge >= 0.3 is 6.03 Å². The molecule has 0 radical (unpaired) electrons. The largest absolute Gasteiger partial charge is 0.327 e. The summed E-state index contributed by atoms with van der Waals surface area (Å²) in [7, 11) is 0. The molecule has 1 aromatic rings. The van der Waals surface area contributed by atoms with Crippen LogP contribution in [0.5, 0.6) is 0 Å². The Morgan fingerprint density at radius 1 is 1.08 bits per heavy atom. The Bertz CT molecular complexity index is 605. The summed E-state index contributed by atoms with van der Waals surface area (Å²) < 4.78 is 0. The van der Waals surface area contributed by atoms with Crippen molar-refractivity contribution in [3.05, 3.63) is 30.1 Å². The molecule has 1 aromatic heterocycles. The second-order valence-corrected chi connectivity index (χ2v) is 7.07. The van der Waals surface area contributed by atoms with Gasteiger partial charge in [0.05, 0.1) is 0 Å². The van der Waals surface area contributed by atoms with Crippen LogP contribution in [0.1, 0.15) is 44.2 Å². The molecule has 0 unspecified atom stereocenters. The molecule has 4 heterocycles. The van der Waals surface area contributed by atoms with E-state index < -0.39 is 0 Å². The smallest absolute Gasteiger partial charge is 0.312 e. The topological polar surface area (TPSA) is 56.8 Å². The second-order valence-electron chi connectivity index (χ2n) is 7.07. The molecule has 0 aliphatic carbocycles. The van der Waals surface area contributed by atoms with Crippen molar-refractivity contribution in [1.29, 1.82) is 0 Å². The van der Waals surface area contributed by atoms with Gasteiger partial charge in [0.2, 0.25) is 0 Å². The molecule has 4 rings (SSSR count). The maximum absolute atomic E-state index is 12.6. The normalized spacial score (nSPS) is 27.0. The third-order valence-electron chi connectivity index (χ3n) is 5.83. The van der Waals surface area contributed by atoms with E-state index in [9.17, 15) is 9.59 Å². The van der Waals surface area contributed by atoms with E-state index in [1.54, 1.807) is 9.80 Å². The lowest BCUT2D eigenvalue weighted by atomic mass is 9.99. The monoisotopic (exact) mass is 328 g/mol. The Labute approximate surface area is 142 Å². The summed E-state index contributed by atoms with van der Waals surface area (Å²) in [6.07, 6.45) is 7.18. The summed E-state index contributed by atoms with van der Waals surface area (Å²) in [6, 6.07) is 4.28. The third kappa shape index (κ3) is 2.49. The van der Waals surface area contributed by atoms with Gasteiger partial charge in [-0.3, -0.25) is 19.6 Å². The molecule has 3 saturated heterocycles. The summed E-state index contributed by atoms with van der Waals surface area (Å²) in [5.74, 6) is 0.0399. The Morgan fingerprint density at radius 2 is 1.79 bits per heavy atom. The van der Waals surface area contributed by atoms with E-state index >= 15 is 0 Å². The molecule has 2 atom stereocenters. The van der Waals surface area contributed by atoms with Crippen LogP contribution in [-0.4, -0.2) is 63.3 Å². The first kappa shape index (κ1) is 15.6. The second kappa shape index (κ2) is 6.16. The number of likely N-dealkylation sites (tertiary alicyclic amines) is 1. The van der Waals surface area contributed by atoms with Gasteiger partial charge in [0.15, 0.2) is 0 Å². The SMILES string of the molecule is C[C@H](c1ccncc1)N1CCC(N2C(=O)[C@H]3CCCN3C2=O)CC1. The Kier molecular flexibility index (Phi) is 4.00. The first-order valence-electron chi connectivity index (χ1n) is 8.94. The molecule has 0 spiro atoms. The number of hydrogen-bond acceptors (Lipinski definition) is 4. The number of fused-ring (bicyclic) bond motifs is 1. The van der Waals surface area contributed by atoms with Crippen molar-refractivity contribution in [3.63, 3.8) is 0 Å². The summed E-state index contributed by atoms with van der Waals surface area (Å²) in [5, 5.41) is 0. The molecule has 0 aromatic carbocycles. The van der Waals surface area contributed by atoms with Gasteiger partial charge in [0.1, 0.15) is 6.04 Å². The number of imide groups is 1. The zero-order chi connectivity index (χ0) is 16.7. The molecule has 3 aliphatic heterocycles. The Balaban J connectivity index is 1.40. The summed E-state index contributed by atoms with van der Waals surface area (Å²) in [5.41, 5.74) is 1.26. The van der Waals surface area contributed by atoms with Gasteiger partial charge < -0.3 is 4.90 Å². The van der Waals surface area contributed by atoms with E-state index in [2.05, 4.69) is 28.9 Å². The van der Waals surface area contributed by atoms with Crippen LogP contribution in [0, 0.1) is 0 Å². The molecule has 3 aliphatic rings. The van der Waals surface area contributed by atoms with Crippen LogP contribution in [0.2, 0.25) is 0 Å². The summed E-state index contributed by atoms with van der Waals surface area (Å²) in [6.45, 7) is 4.77. The quantitative estimate of drug-likeness (QED) is 0.797. The zero-order valence-corrected chi connectivity index (χ0v) is 14.1. The van der Waals surface area contributed by atoms with Gasteiger partial charge in [0, 0.05) is 44.1 Å². The van der Waals surface area contributed by atoms with Gasteiger partial charge in [-0.25, -0.2) is 4.79 Å². The predicted octanol–water partition coefficient (Wildman–Crippen LogP) is 2.03. The van der Waals surface area contributed by atoms with E-state index in [1.165, 1.54) is 5.56 Å². The molecule has 0 N–H and O–H groups in total. The molecule has 6 nitrogen and oxygen atoms in total. The average molecular weight is 328 g/mol. The number of pyridine rings is 1. The van der Waals surface area contributed by atoms with Gasteiger partial charge in [-0.15, -0.1) is 0 Å². The summed E-state index contributed by atoms with van der Waals surface area (Å²) in [4.78, 5) is 35.0. The van der Waals surface area contributed by atoms with Crippen LogP contribution in [0.3, 0.4) is 0 Å². The standard InChI is InChI=1S/C18H24N4O2/c1-13(14-4-8-19-9-5-14)20-11-6-15(7-12-20)22-17(23)16-3-2-10-21(16)18(22)24/h4-5,8-9,13,15-16H,2-3,6-7,10-12H2,1H3/t13-,16-/m1/s1. The van der Waals surface area contributed by atoms with E-state index in [-0.39, 0.29) is 24.0 Å². The number of carbonyl (C=O) groups is 2. The number of carbonyl (C=O) groups excluding carboxylic acids is 2. The van der Waals surface area contributed by atoms with Gasteiger partial charge in [-0.1, -0.05) is 0 Å². The first-order chi connectivity index (χ1) is 11.7. The van der Waals surface area contributed by atoms with Crippen molar-refractivity contribution in [2.75, 3.05) is 19.6 Å². The fourth-order valence-corrected chi connectivity index (χ4v) is 4.37. The van der Waals surface area contributed by atoms with E-state index in [1.807, 2.05) is 12.4 Å². The molecule has 0 saturated carbocycles. The van der Waals surface area contributed by atoms with E-state index in [0.717, 1.165) is 45.3 Å². The number of nitrogens with zero attached hydrogens (tertiary/aromatic N) is 4. The minimum absolute atomic E-state index is 0.0399. The number of amides is 3. The molecular formula is C18H24N4O2. The highest BCUT2D eigenvalue weighted by atomic mass is 16.2. The van der Waals surface area contributed by atoms with Crippen LogP contribution in [0.15, 0.2) is 24.5 Å². The zero-order valence-electron chi connectivity index (χ0n) is 14.1. The fourth-order valence-electron chi connectivity index (χ4n) is 4.37. The lowest BCUT2D eigenvalue weighted by Crippen LogP contribution is -2.48. The van der Waals surface area contributed by atoms with Gasteiger partial charge in [-0.05, 0) is 50.3 Å². The van der Waals surface area contributed by atoms with Crippen LogP contribution in [-0.2, 0) is 4.79 Å². The molecular weight excluding hydrogens is 304 g/mol. The minimum atomic E-state index is -0.175. The van der Waals surface area contributed by atoms with Crippen molar-refractivity contribution in [1.82, 2.24) is 19.7 Å². The number of piperidine rings is 1. The molecule has 0 bridgehead atoms. The van der Waals surface area contributed by atoms with Crippen LogP contribution in [0.25, 0.3) is 0 Å². The minimum Gasteiger partial charge on any atom is -0.312 e. The maximum Gasteiger partial charge on any atom is 0.327 e. The Hall–Kier alpha value is -1.95. The molecule has 24 heavy (non-hydrogen) atoms. The average Bonchev–Trinajstić information content (AvgIpc) is 3.20. The highest BCUT2D eigenvalue weighted by molar-refractivity contribution is 6.04. The highest BCUT2D eigenvalue weighted by Gasteiger charge is 2.50. The number of hydrogen-bond donors (Lipinski definition) is 0. The van der Waals surface area contributed by atoms with Crippen LogP contribution in [0.4, 0.5) is 4.79 Å². The van der Waals surface area contributed by atoms with Crippen LogP contribution < -0.4 is 0 Å². The van der Waals surface area contributed by atoms with Crippen molar-refractivity contribution >= 4 is 11.9 Å². The summed E-state index contributed by atoms with van der Waals surface area (Å²) >= 11 is 0. The molecule has 3 fully saturated rings. The number of urea groups is 1. The fraction of sp³-hybridized carbons (Fsp3) is 0.611. The lowest BCUT2D eigenvalue weighted by Gasteiger charge is -2.38. The highest BCUT2D eigenvalue weighted by Crippen LogP contribution is 2.32. The number of rotatable bonds is 3. The molecule has 128 valence electrons. The Morgan fingerprint density at radius 3 is 2.46 bits per heavy atom. The van der Waals surface area contributed by atoms with Crippen molar-refractivity contribution < 1.29 is 9.59 Å². The maximum atomic E-state index is 12.6. The van der Waals surface area contributed by atoms with Crippen molar-refractivity contribution in [3.8, 4) is 0 Å². The predicted molar refractivity (Wildman–Crippen MR) is 89.2 cm³/mol. The first-order valence-corrected chi connectivity index (χ1v) is 8.94. The van der Waals surface area contributed by atoms with Crippen LogP contribution >= 0.6 is 0 Å². The van der Waals surface area contributed by atoms with Gasteiger partial charge in [0.25, 0.3) is 5.91 Å². The van der Waals surface area contributed by atoms with Gasteiger partial charge in [-0.2, -0.15) is 0 Å². The molecule has 6 heteroatoms. The lowest BCUT2D eigenvalue weighted by molar-refractivity contribution is -0.130.